The number of para-hydroxylation sites is 1. The fourth-order valence-corrected chi connectivity index (χ4v) is 3.76. The molecule has 0 atom stereocenters. The molecule has 0 aliphatic heterocycles. The summed E-state index contributed by atoms with van der Waals surface area (Å²) in [5, 5.41) is 7.63. The molecule has 0 aliphatic carbocycles. The number of aromatic nitrogens is 3. The first kappa shape index (κ1) is 21.3. The second-order valence-corrected chi connectivity index (χ2v) is 7.70. The number of nitrogens with one attached hydrogen (secondary N) is 1. The molecule has 0 saturated heterocycles. The van der Waals surface area contributed by atoms with Crippen LogP contribution in [0.15, 0.2) is 91.0 Å². The van der Waals surface area contributed by atoms with E-state index in [9.17, 15) is 9.18 Å². The molecule has 7 heteroatoms. The molecule has 0 saturated carbocycles. The van der Waals surface area contributed by atoms with Crippen molar-refractivity contribution in [1.82, 2.24) is 19.9 Å². The number of fused-ring (bicyclic) bond motifs is 1. The number of benzene rings is 3. The Morgan fingerprint density at radius 3 is 2.47 bits per heavy atom. The lowest BCUT2D eigenvalue weighted by molar-refractivity contribution is 0.0946. The number of carbonyl (C=O) groups is 1. The predicted octanol–water partition coefficient (Wildman–Crippen LogP) is 5.14. The van der Waals surface area contributed by atoms with Gasteiger partial charge in [0.25, 0.3) is 5.91 Å². The summed E-state index contributed by atoms with van der Waals surface area (Å²) in [5.74, 6) is -0.00605. The number of carbonyl (C=O) groups excluding carboxylic acids is 1. The first-order valence-corrected chi connectivity index (χ1v) is 10.7. The van der Waals surface area contributed by atoms with Crippen molar-refractivity contribution in [3.05, 3.63) is 108 Å². The van der Waals surface area contributed by atoms with Crippen molar-refractivity contribution >= 4 is 11.6 Å². The summed E-state index contributed by atoms with van der Waals surface area (Å²) in [5.41, 5.74) is 4.72. The molecule has 0 aliphatic rings. The van der Waals surface area contributed by atoms with Crippen LogP contribution >= 0.6 is 0 Å². The van der Waals surface area contributed by atoms with E-state index in [1.165, 1.54) is 12.1 Å². The van der Waals surface area contributed by atoms with E-state index in [-0.39, 0.29) is 24.0 Å². The number of amides is 1. The maximum absolute atomic E-state index is 13.2. The summed E-state index contributed by atoms with van der Waals surface area (Å²) in [6, 6.07) is 26.9. The number of nitrogens with zero attached hydrogens (tertiary/aromatic N) is 3. The van der Waals surface area contributed by atoms with Crippen LogP contribution in [-0.4, -0.2) is 27.6 Å². The monoisotopic (exact) mass is 452 g/mol. The number of methoxy groups -OCH3 is 1. The van der Waals surface area contributed by atoms with Gasteiger partial charge in [0.05, 0.1) is 18.5 Å². The molecule has 34 heavy (non-hydrogen) atoms. The highest BCUT2D eigenvalue weighted by Gasteiger charge is 2.18. The van der Waals surface area contributed by atoms with Crippen LogP contribution in [0.25, 0.3) is 28.2 Å². The number of rotatable bonds is 6. The third-order valence-electron chi connectivity index (χ3n) is 5.48. The number of halogens is 1. The van der Waals surface area contributed by atoms with Crippen molar-refractivity contribution in [2.45, 2.75) is 6.54 Å². The molecule has 3 aromatic carbocycles. The number of hydrogen-bond acceptors (Lipinski definition) is 4. The molecule has 5 aromatic rings. The van der Waals surface area contributed by atoms with Gasteiger partial charge in [-0.15, -0.1) is 0 Å². The zero-order valence-corrected chi connectivity index (χ0v) is 18.4. The van der Waals surface area contributed by atoms with Gasteiger partial charge in [-0.3, -0.25) is 4.79 Å². The van der Waals surface area contributed by atoms with Crippen LogP contribution in [0.2, 0.25) is 0 Å². The lowest BCUT2D eigenvalue weighted by Crippen LogP contribution is -2.24. The summed E-state index contributed by atoms with van der Waals surface area (Å²) in [7, 11) is 1.60. The van der Waals surface area contributed by atoms with E-state index in [0.717, 1.165) is 22.4 Å². The minimum atomic E-state index is -0.342. The maximum Gasteiger partial charge on any atom is 0.270 e. The second kappa shape index (κ2) is 9.15. The lowest BCUT2D eigenvalue weighted by atomic mass is 10.1. The molecule has 0 fully saturated rings. The van der Waals surface area contributed by atoms with Gasteiger partial charge in [0.2, 0.25) is 0 Å². The van der Waals surface area contributed by atoms with Crippen molar-refractivity contribution in [1.29, 1.82) is 0 Å². The van der Waals surface area contributed by atoms with Gasteiger partial charge in [0, 0.05) is 23.7 Å². The van der Waals surface area contributed by atoms with Crippen molar-refractivity contribution in [2.75, 3.05) is 7.11 Å². The van der Waals surface area contributed by atoms with Crippen LogP contribution in [0.3, 0.4) is 0 Å². The van der Waals surface area contributed by atoms with E-state index >= 15 is 0 Å². The molecule has 5 rings (SSSR count). The van der Waals surface area contributed by atoms with E-state index in [0.29, 0.717) is 17.1 Å². The topological polar surface area (TPSA) is 68.5 Å². The largest absolute Gasteiger partial charge is 0.496 e. The van der Waals surface area contributed by atoms with Gasteiger partial charge >= 0.3 is 0 Å². The van der Waals surface area contributed by atoms with Crippen LogP contribution in [0.1, 0.15) is 16.1 Å². The van der Waals surface area contributed by atoms with E-state index in [4.69, 9.17) is 9.84 Å². The molecule has 6 nitrogen and oxygen atoms in total. The van der Waals surface area contributed by atoms with Crippen LogP contribution < -0.4 is 10.1 Å². The molecule has 0 unspecified atom stereocenters. The highest BCUT2D eigenvalue weighted by atomic mass is 19.1. The Hall–Kier alpha value is -4.52. The lowest BCUT2D eigenvalue weighted by Gasteiger charge is -2.12. The molecule has 2 aromatic heterocycles. The van der Waals surface area contributed by atoms with Crippen LogP contribution in [0.5, 0.6) is 5.75 Å². The van der Waals surface area contributed by atoms with Crippen molar-refractivity contribution in [2.24, 2.45) is 0 Å². The Kier molecular flexibility index (Phi) is 5.74. The normalized spacial score (nSPS) is 10.9. The van der Waals surface area contributed by atoms with Crippen LogP contribution in [-0.2, 0) is 6.54 Å². The molecular formula is C27H21FN4O2. The Labute approximate surface area is 195 Å². The first-order chi connectivity index (χ1) is 16.6. The van der Waals surface area contributed by atoms with Gasteiger partial charge in [-0.05, 0) is 35.9 Å². The summed E-state index contributed by atoms with van der Waals surface area (Å²) in [6.45, 7) is 0.254. The Balaban J connectivity index is 1.58. The fourth-order valence-electron chi connectivity index (χ4n) is 3.76. The number of hydrogen-bond donors (Lipinski definition) is 1. The minimum absolute atomic E-state index is 0.245. The second-order valence-electron chi connectivity index (χ2n) is 7.70. The molecule has 168 valence electrons. The van der Waals surface area contributed by atoms with E-state index in [1.807, 2.05) is 60.7 Å². The molecule has 2 heterocycles. The molecule has 0 bridgehead atoms. The van der Waals surface area contributed by atoms with Gasteiger partial charge < -0.3 is 10.1 Å². The highest BCUT2D eigenvalue weighted by molar-refractivity contribution is 5.94. The van der Waals surface area contributed by atoms with Gasteiger partial charge in [-0.25, -0.2) is 13.9 Å². The molecule has 0 spiro atoms. The first-order valence-electron chi connectivity index (χ1n) is 10.7. The quantitative estimate of drug-likeness (QED) is 0.387. The number of ether oxygens (including phenoxy) is 1. The fraction of sp³-hybridized carbons (Fsp3) is 0.0741. The maximum atomic E-state index is 13.2. The van der Waals surface area contributed by atoms with Gasteiger partial charge in [0.15, 0.2) is 5.65 Å². The minimum Gasteiger partial charge on any atom is -0.496 e. The van der Waals surface area contributed by atoms with Crippen LogP contribution in [0.4, 0.5) is 4.39 Å². The predicted molar refractivity (Wildman–Crippen MR) is 128 cm³/mol. The average Bonchev–Trinajstić information content (AvgIpc) is 3.32. The van der Waals surface area contributed by atoms with E-state index in [1.54, 1.807) is 29.8 Å². The summed E-state index contributed by atoms with van der Waals surface area (Å²) in [4.78, 5) is 17.6. The Bertz CT molecular complexity index is 1460. The molecule has 1 N–H and O–H groups in total. The Morgan fingerprint density at radius 2 is 1.71 bits per heavy atom. The third kappa shape index (κ3) is 4.23. The van der Waals surface area contributed by atoms with E-state index in [2.05, 4.69) is 10.3 Å². The average molecular weight is 452 g/mol. The van der Waals surface area contributed by atoms with Gasteiger partial charge in [-0.1, -0.05) is 54.6 Å². The summed E-state index contributed by atoms with van der Waals surface area (Å²) >= 11 is 0. The SMILES string of the molecule is COc1ccccc1-c1cc(C(=O)NCc2ccc(F)cc2)nc2cc(-c3ccccc3)nn12. The smallest absolute Gasteiger partial charge is 0.270 e. The molecule has 1 amide bonds. The molecule has 0 radical (unpaired) electrons. The Morgan fingerprint density at radius 1 is 0.971 bits per heavy atom. The zero-order valence-electron chi connectivity index (χ0n) is 18.4. The summed E-state index contributed by atoms with van der Waals surface area (Å²) < 4.78 is 20.5. The van der Waals surface area contributed by atoms with E-state index < -0.39 is 0 Å². The zero-order chi connectivity index (χ0) is 23.5. The van der Waals surface area contributed by atoms with Crippen molar-refractivity contribution in [3.8, 4) is 28.3 Å². The van der Waals surface area contributed by atoms with Gasteiger partial charge in [0.1, 0.15) is 17.3 Å². The van der Waals surface area contributed by atoms with Gasteiger partial charge in [-0.2, -0.15) is 5.10 Å². The third-order valence-corrected chi connectivity index (χ3v) is 5.48. The standard InChI is InChI=1S/C27H21FN4O2/c1-34-25-10-6-5-9-21(25)24-15-23(27(33)29-17-18-11-13-20(28)14-12-18)30-26-16-22(31-32(24)26)19-7-3-2-4-8-19/h2-16H,17H2,1H3,(H,29,33). The molecular weight excluding hydrogens is 431 g/mol. The summed E-state index contributed by atoms with van der Waals surface area (Å²) in [6.07, 6.45) is 0. The van der Waals surface area contributed by atoms with Crippen molar-refractivity contribution < 1.29 is 13.9 Å². The van der Waals surface area contributed by atoms with Crippen molar-refractivity contribution in [3.63, 3.8) is 0 Å². The highest BCUT2D eigenvalue weighted by Crippen LogP contribution is 2.31. The van der Waals surface area contributed by atoms with Crippen LogP contribution in [0, 0.1) is 5.82 Å².